The maximum absolute atomic E-state index is 12.6. The quantitative estimate of drug-likeness (QED) is 0.685. The lowest BCUT2D eigenvalue weighted by Crippen LogP contribution is -2.38. The molecule has 0 atom stereocenters. The number of hydrogen-bond acceptors (Lipinski definition) is 4. The number of hydrogen-bond donors (Lipinski definition) is 3. The van der Waals surface area contributed by atoms with Crippen LogP contribution in [0.3, 0.4) is 0 Å². The lowest BCUT2D eigenvalue weighted by molar-refractivity contribution is -0.131. The largest absolute Gasteiger partial charge is 0.504 e. The highest BCUT2D eigenvalue weighted by Crippen LogP contribution is 2.29. The van der Waals surface area contributed by atoms with Gasteiger partial charge in [-0.1, -0.05) is 37.3 Å². The summed E-state index contributed by atoms with van der Waals surface area (Å²) in [5, 5.41) is 22.3. The zero-order valence-corrected chi connectivity index (χ0v) is 15.8. The predicted molar refractivity (Wildman–Crippen MR) is 106 cm³/mol. The molecule has 0 aliphatic carbocycles. The summed E-state index contributed by atoms with van der Waals surface area (Å²) in [6, 6.07) is 13.3. The van der Waals surface area contributed by atoms with E-state index < -0.39 is 0 Å². The van der Waals surface area contributed by atoms with Crippen molar-refractivity contribution in [2.24, 2.45) is 0 Å². The molecule has 5 nitrogen and oxygen atoms in total. The van der Waals surface area contributed by atoms with Crippen LogP contribution in [0.2, 0.25) is 0 Å². The molecule has 3 N–H and O–H groups in total. The van der Waals surface area contributed by atoms with Crippen LogP contribution in [0.5, 0.6) is 11.5 Å². The first kappa shape index (κ1) is 19.2. The third-order valence-corrected chi connectivity index (χ3v) is 5.24. The van der Waals surface area contributed by atoms with E-state index in [0.29, 0.717) is 11.5 Å². The Bertz CT molecular complexity index is 783. The molecule has 0 bridgehead atoms. The molecule has 1 heterocycles. The van der Waals surface area contributed by atoms with E-state index in [-0.39, 0.29) is 23.8 Å². The molecule has 1 amide bonds. The Morgan fingerprint density at radius 1 is 1.07 bits per heavy atom. The standard InChI is InChI=1S/C22H28N2O3/c1-2-23-15-17-4-3-5-19(12-17)18-8-10-24(11-9-18)22(27)14-16-6-7-20(25)21(26)13-16/h3-7,12-13,18,23,25-26H,2,8-11,14-15H2,1H3. The molecule has 1 aliphatic heterocycles. The highest BCUT2D eigenvalue weighted by Gasteiger charge is 2.24. The number of phenols is 2. The fourth-order valence-electron chi connectivity index (χ4n) is 3.65. The highest BCUT2D eigenvalue weighted by atomic mass is 16.3. The third kappa shape index (κ3) is 5.01. The molecule has 2 aromatic carbocycles. The fourth-order valence-corrected chi connectivity index (χ4v) is 3.65. The van der Waals surface area contributed by atoms with Gasteiger partial charge in [-0.25, -0.2) is 0 Å². The van der Waals surface area contributed by atoms with Crippen molar-refractivity contribution >= 4 is 5.91 Å². The monoisotopic (exact) mass is 368 g/mol. The topological polar surface area (TPSA) is 72.8 Å². The van der Waals surface area contributed by atoms with Crippen molar-refractivity contribution < 1.29 is 15.0 Å². The molecule has 27 heavy (non-hydrogen) atoms. The molecule has 1 saturated heterocycles. The minimum atomic E-state index is -0.184. The summed E-state index contributed by atoms with van der Waals surface area (Å²) < 4.78 is 0. The second-order valence-corrected chi connectivity index (χ2v) is 7.18. The number of carbonyl (C=O) groups excluding carboxylic acids is 1. The number of likely N-dealkylation sites (tertiary alicyclic amines) is 1. The molecule has 0 saturated carbocycles. The molecule has 0 aromatic heterocycles. The summed E-state index contributed by atoms with van der Waals surface area (Å²) in [4.78, 5) is 14.5. The van der Waals surface area contributed by atoms with Crippen LogP contribution in [0.25, 0.3) is 0 Å². The molecule has 0 radical (unpaired) electrons. The summed E-state index contributed by atoms with van der Waals surface area (Å²) in [5.74, 6) is 0.215. The number of piperidine rings is 1. The zero-order chi connectivity index (χ0) is 19.2. The molecule has 5 heteroatoms. The maximum Gasteiger partial charge on any atom is 0.226 e. The Labute approximate surface area is 160 Å². The Kier molecular flexibility index (Phi) is 6.35. The van der Waals surface area contributed by atoms with E-state index in [1.54, 1.807) is 6.07 Å². The van der Waals surface area contributed by atoms with Gasteiger partial charge < -0.3 is 20.4 Å². The molecule has 1 fully saturated rings. The molecular weight excluding hydrogens is 340 g/mol. The molecule has 0 unspecified atom stereocenters. The first-order valence-electron chi connectivity index (χ1n) is 9.65. The summed E-state index contributed by atoms with van der Waals surface area (Å²) in [6.07, 6.45) is 2.19. The van der Waals surface area contributed by atoms with E-state index in [0.717, 1.165) is 39.0 Å². The van der Waals surface area contributed by atoms with Crippen molar-refractivity contribution in [3.8, 4) is 11.5 Å². The lowest BCUT2D eigenvalue weighted by atomic mass is 9.88. The first-order chi connectivity index (χ1) is 13.1. The summed E-state index contributed by atoms with van der Waals surface area (Å²) in [6.45, 7) is 5.47. The van der Waals surface area contributed by atoms with E-state index in [9.17, 15) is 15.0 Å². The minimum absolute atomic E-state index is 0.0689. The first-order valence-corrected chi connectivity index (χ1v) is 9.65. The fraction of sp³-hybridized carbons (Fsp3) is 0.409. The molecule has 1 aliphatic rings. The average molecular weight is 368 g/mol. The second-order valence-electron chi connectivity index (χ2n) is 7.18. The number of aromatic hydroxyl groups is 2. The van der Waals surface area contributed by atoms with Gasteiger partial charge in [0.05, 0.1) is 6.42 Å². The van der Waals surface area contributed by atoms with Crippen molar-refractivity contribution in [2.45, 2.75) is 38.6 Å². The van der Waals surface area contributed by atoms with Crippen LogP contribution in [0.15, 0.2) is 42.5 Å². The van der Waals surface area contributed by atoms with Crippen LogP contribution in [0.1, 0.15) is 42.4 Å². The van der Waals surface area contributed by atoms with Crippen LogP contribution < -0.4 is 5.32 Å². The van der Waals surface area contributed by atoms with E-state index in [1.165, 1.54) is 23.3 Å². The van der Waals surface area contributed by atoms with E-state index in [1.807, 2.05) is 4.90 Å². The van der Waals surface area contributed by atoms with Gasteiger partial charge in [0.25, 0.3) is 0 Å². The van der Waals surface area contributed by atoms with Crippen LogP contribution >= 0.6 is 0 Å². The van der Waals surface area contributed by atoms with Gasteiger partial charge in [-0.2, -0.15) is 0 Å². The number of rotatable bonds is 6. The van der Waals surface area contributed by atoms with Crippen molar-refractivity contribution in [1.82, 2.24) is 10.2 Å². The van der Waals surface area contributed by atoms with Crippen molar-refractivity contribution in [1.29, 1.82) is 0 Å². The Hall–Kier alpha value is -2.53. The minimum Gasteiger partial charge on any atom is -0.504 e. The summed E-state index contributed by atoms with van der Waals surface area (Å²) in [5.41, 5.74) is 3.38. The summed E-state index contributed by atoms with van der Waals surface area (Å²) in [7, 11) is 0. The Balaban J connectivity index is 1.55. The molecule has 3 rings (SSSR count). The van der Waals surface area contributed by atoms with Gasteiger partial charge in [0.15, 0.2) is 11.5 Å². The van der Waals surface area contributed by atoms with Gasteiger partial charge in [-0.15, -0.1) is 0 Å². The van der Waals surface area contributed by atoms with E-state index in [2.05, 4.69) is 36.5 Å². The molecule has 0 spiro atoms. The molecular formula is C22H28N2O3. The zero-order valence-electron chi connectivity index (χ0n) is 15.8. The average Bonchev–Trinajstić information content (AvgIpc) is 2.69. The normalized spacial score (nSPS) is 15.1. The number of carbonyl (C=O) groups is 1. The number of phenolic OH excluding ortho intramolecular Hbond substituents is 2. The lowest BCUT2D eigenvalue weighted by Gasteiger charge is -2.32. The van der Waals surface area contributed by atoms with Crippen molar-refractivity contribution in [3.63, 3.8) is 0 Å². The van der Waals surface area contributed by atoms with Gasteiger partial charge in [0.1, 0.15) is 0 Å². The van der Waals surface area contributed by atoms with Crippen molar-refractivity contribution in [3.05, 3.63) is 59.2 Å². The number of nitrogens with zero attached hydrogens (tertiary/aromatic N) is 1. The van der Waals surface area contributed by atoms with Crippen LogP contribution in [-0.2, 0) is 17.8 Å². The maximum atomic E-state index is 12.6. The number of amides is 1. The van der Waals surface area contributed by atoms with Gasteiger partial charge in [-0.3, -0.25) is 4.79 Å². The number of nitrogens with one attached hydrogen (secondary N) is 1. The van der Waals surface area contributed by atoms with E-state index in [4.69, 9.17) is 0 Å². The Morgan fingerprint density at radius 2 is 1.85 bits per heavy atom. The van der Waals surface area contributed by atoms with E-state index >= 15 is 0 Å². The molecule has 144 valence electrons. The Morgan fingerprint density at radius 3 is 2.56 bits per heavy atom. The smallest absolute Gasteiger partial charge is 0.226 e. The number of benzene rings is 2. The van der Waals surface area contributed by atoms with Crippen molar-refractivity contribution in [2.75, 3.05) is 19.6 Å². The second kappa shape index (κ2) is 8.91. The highest BCUT2D eigenvalue weighted by molar-refractivity contribution is 5.79. The predicted octanol–water partition coefficient (Wildman–Crippen LogP) is 3.16. The van der Waals surface area contributed by atoms with Gasteiger partial charge in [0, 0.05) is 19.6 Å². The van der Waals surface area contributed by atoms with Gasteiger partial charge >= 0.3 is 0 Å². The van der Waals surface area contributed by atoms with Crippen LogP contribution in [-0.4, -0.2) is 40.7 Å². The SMILES string of the molecule is CCNCc1cccc(C2CCN(C(=O)Cc3ccc(O)c(O)c3)CC2)c1. The molecule has 2 aromatic rings. The summed E-state index contributed by atoms with van der Waals surface area (Å²) >= 11 is 0. The van der Waals surface area contributed by atoms with Gasteiger partial charge in [-0.05, 0) is 54.1 Å². The van der Waals surface area contributed by atoms with Crippen LogP contribution in [0, 0.1) is 0 Å². The third-order valence-electron chi connectivity index (χ3n) is 5.24. The van der Waals surface area contributed by atoms with Gasteiger partial charge in [0.2, 0.25) is 5.91 Å². The van der Waals surface area contributed by atoms with Crippen LogP contribution in [0.4, 0.5) is 0 Å².